The number of rotatable bonds is 5. The fourth-order valence-corrected chi connectivity index (χ4v) is 4.28. The Morgan fingerprint density at radius 1 is 1.04 bits per heavy atom. The van der Waals surface area contributed by atoms with Gasteiger partial charge in [0.05, 0.1) is 24.4 Å². The second kappa shape index (κ2) is 8.25. The van der Waals surface area contributed by atoms with Crippen LogP contribution in [0.3, 0.4) is 0 Å². The van der Waals surface area contributed by atoms with Crippen molar-refractivity contribution in [3.8, 4) is 0 Å². The predicted molar refractivity (Wildman–Crippen MR) is 98.0 cm³/mol. The molecule has 2 aliphatic rings. The number of aliphatic hydroxyl groups is 7. The molecule has 0 amide bonds. The van der Waals surface area contributed by atoms with E-state index in [0.717, 1.165) is 0 Å². The van der Waals surface area contributed by atoms with E-state index in [2.05, 4.69) is 0 Å². The molecule has 1 aliphatic heterocycles. The molecule has 164 valence electrons. The van der Waals surface area contributed by atoms with Crippen LogP contribution < -0.4 is 0 Å². The molecule has 2 fully saturated rings. The molecular formula is C19H34O9. The molecule has 1 saturated heterocycles. The molecule has 9 atom stereocenters. The quantitative estimate of drug-likeness (QED) is 0.267. The first-order valence-electron chi connectivity index (χ1n) is 9.54. The maximum atomic E-state index is 11.2. The second-order valence-electron chi connectivity index (χ2n) is 8.88. The summed E-state index contributed by atoms with van der Waals surface area (Å²) in [4.78, 5) is 0. The largest absolute Gasteiger partial charge is 0.394 e. The Morgan fingerprint density at radius 3 is 2.18 bits per heavy atom. The van der Waals surface area contributed by atoms with Gasteiger partial charge in [0.1, 0.15) is 30.0 Å². The highest BCUT2D eigenvalue weighted by Crippen LogP contribution is 2.50. The lowest BCUT2D eigenvalue weighted by molar-refractivity contribution is -0.306. The number of ether oxygens (including phenoxy) is 2. The Balaban J connectivity index is 2.13. The summed E-state index contributed by atoms with van der Waals surface area (Å²) in [6, 6.07) is 0. The molecule has 0 spiro atoms. The third kappa shape index (κ3) is 4.28. The summed E-state index contributed by atoms with van der Waals surface area (Å²) in [5.74, 6) is 0. The van der Waals surface area contributed by atoms with Crippen molar-refractivity contribution >= 4 is 0 Å². The molecule has 2 rings (SSSR count). The van der Waals surface area contributed by atoms with E-state index in [9.17, 15) is 35.7 Å². The Bertz CT molecular complexity index is 542. The van der Waals surface area contributed by atoms with Crippen molar-refractivity contribution in [3.63, 3.8) is 0 Å². The number of hydrogen-bond donors (Lipinski definition) is 7. The van der Waals surface area contributed by atoms with Gasteiger partial charge in [-0.3, -0.25) is 0 Å². The average molecular weight is 406 g/mol. The summed E-state index contributed by atoms with van der Waals surface area (Å²) in [5, 5.41) is 70.9. The van der Waals surface area contributed by atoms with E-state index in [0.29, 0.717) is 6.42 Å². The lowest BCUT2D eigenvalue weighted by Crippen LogP contribution is -2.65. The first-order chi connectivity index (χ1) is 12.8. The Labute approximate surface area is 164 Å². The average Bonchev–Trinajstić information content (AvgIpc) is 2.57. The van der Waals surface area contributed by atoms with E-state index in [4.69, 9.17) is 9.47 Å². The molecular weight excluding hydrogens is 372 g/mol. The van der Waals surface area contributed by atoms with Crippen molar-refractivity contribution in [2.45, 2.75) is 94.7 Å². The van der Waals surface area contributed by atoms with Crippen LogP contribution in [0.5, 0.6) is 0 Å². The number of hydrogen-bond acceptors (Lipinski definition) is 9. The molecule has 9 nitrogen and oxygen atoms in total. The summed E-state index contributed by atoms with van der Waals surface area (Å²) in [6.45, 7) is 6.01. The maximum absolute atomic E-state index is 11.2. The minimum atomic E-state index is -1.65. The molecule has 0 aromatic carbocycles. The lowest BCUT2D eigenvalue weighted by atomic mass is 9.57. The van der Waals surface area contributed by atoms with Crippen molar-refractivity contribution in [2.24, 2.45) is 5.41 Å². The van der Waals surface area contributed by atoms with Gasteiger partial charge in [-0.1, -0.05) is 26.0 Å². The van der Waals surface area contributed by atoms with Crippen molar-refractivity contribution in [3.05, 3.63) is 12.2 Å². The molecule has 0 aromatic heterocycles. The summed E-state index contributed by atoms with van der Waals surface area (Å²) in [5.41, 5.74) is -4.05. The van der Waals surface area contributed by atoms with Crippen LogP contribution in [-0.4, -0.2) is 96.5 Å². The Hall–Kier alpha value is -0.620. The van der Waals surface area contributed by atoms with Crippen LogP contribution in [0, 0.1) is 5.41 Å². The lowest BCUT2D eigenvalue weighted by Gasteiger charge is -2.55. The van der Waals surface area contributed by atoms with Gasteiger partial charge in [-0.2, -0.15) is 0 Å². The van der Waals surface area contributed by atoms with E-state index >= 15 is 0 Å². The molecule has 0 unspecified atom stereocenters. The van der Waals surface area contributed by atoms with Crippen molar-refractivity contribution < 1.29 is 45.2 Å². The topological polar surface area (TPSA) is 160 Å². The highest BCUT2D eigenvalue weighted by molar-refractivity contribution is 5.21. The van der Waals surface area contributed by atoms with Crippen molar-refractivity contribution in [2.75, 3.05) is 6.61 Å². The van der Waals surface area contributed by atoms with Gasteiger partial charge in [-0.15, -0.1) is 0 Å². The molecule has 7 N–H and O–H groups in total. The van der Waals surface area contributed by atoms with Gasteiger partial charge in [-0.05, 0) is 20.3 Å². The van der Waals surface area contributed by atoms with Gasteiger partial charge < -0.3 is 45.2 Å². The van der Waals surface area contributed by atoms with Crippen molar-refractivity contribution in [1.82, 2.24) is 0 Å². The second-order valence-corrected chi connectivity index (χ2v) is 8.88. The zero-order chi connectivity index (χ0) is 21.5. The van der Waals surface area contributed by atoms with E-state index in [1.165, 1.54) is 19.1 Å². The molecule has 9 heteroatoms. The monoisotopic (exact) mass is 406 g/mol. The molecule has 0 radical (unpaired) electrons. The van der Waals surface area contributed by atoms with Gasteiger partial charge in [0.2, 0.25) is 0 Å². The Kier molecular flexibility index (Phi) is 6.97. The van der Waals surface area contributed by atoms with Crippen LogP contribution in [0.15, 0.2) is 12.2 Å². The van der Waals surface area contributed by atoms with Crippen LogP contribution >= 0.6 is 0 Å². The molecule has 1 aliphatic carbocycles. The van der Waals surface area contributed by atoms with Gasteiger partial charge in [-0.25, -0.2) is 0 Å². The van der Waals surface area contributed by atoms with E-state index < -0.39 is 66.1 Å². The third-order valence-corrected chi connectivity index (χ3v) is 6.04. The standard InChI is InChI=1S/C19H34O9/c1-10(27-16-15(24)14(23)13(22)12(9-20)28-16)5-6-19(26)17(2,3)7-11(21)8-18(19,4)25/h5-6,10-16,20-26H,7-9H2,1-4H3/b6-5+/t10-,11+,12-,13-,14+,15-,16-,18+,19+/m1/s1. The van der Waals surface area contributed by atoms with Gasteiger partial charge in [0.15, 0.2) is 6.29 Å². The van der Waals surface area contributed by atoms with Crippen molar-refractivity contribution in [1.29, 1.82) is 0 Å². The highest BCUT2D eigenvalue weighted by Gasteiger charge is 2.58. The molecule has 0 aromatic rings. The minimum Gasteiger partial charge on any atom is -0.394 e. The highest BCUT2D eigenvalue weighted by atomic mass is 16.7. The summed E-state index contributed by atoms with van der Waals surface area (Å²) in [7, 11) is 0. The fourth-order valence-electron chi connectivity index (χ4n) is 4.28. The number of aliphatic hydroxyl groups excluding tert-OH is 5. The maximum Gasteiger partial charge on any atom is 0.187 e. The summed E-state index contributed by atoms with van der Waals surface area (Å²) in [6.07, 6.45) is -5.14. The summed E-state index contributed by atoms with van der Waals surface area (Å²) >= 11 is 0. The zero-order valence-electron chi connectivity index (χ0n) is 16.8. The van der Waals surface area contributed by atoms with Crippen LogP contribution in [0.4, 0.5) is 0 Å². The third-order valence-electron chi connectivity index (χ3n) is 6.04. The van der Waals surface area contributed by atoms with E-state index in [1.807, 2.05) is 0 Å². The van der Waals surface area contributed by atoms with Crippen LogP contribution in [0.1, 0.15) is 40.5 Å². The normalized spacial score (nSPS) is 48.0. The SMILES string of the molecule is C[C@H](/C=C/[C@]1(O)C(C)(C)C[C@H](O)C[C@]1(C)O)O[C@@H]1O[C@H](CO)[C@@H](O)[C@H](O)[C@H]1O. The van der Waals surface area contributed by atoms with Gasteiger partial charge >= 0.3 is 0 Å². The zero-order valence-corrected chi connectivity index (χ0v) is 16.8. The van der Waals surface area contributed by atoms with Crippen LogP contribution in [-0.2, 0) is 9.47 Å². The predicted octanol–water partition coefficient (Wildman–Crippen LogP) is -1.59. The molecule has 1 heterocycles. The fraction of sp³-hybridized carbons (Fsp3) is 0.895. The Morgan fingerprint density at radius 2 is 1.64 bits per heavy atom. The van der Waals surface area contributed by atoms with E-state index in [-0.39, 0.29) is 6.42 Å². The molecule has 0 bridgehead atoms. The first-order valence-corrected chi connectivity index (χ1v) is 9.54. The molecule has 1 saturated carbocycles. The minimum absolute atomic E-state index is 0.0131. The first kappa shape index (κ1) is 23.7. The van der Waals surface area contributed by atoms with Gasteiger partial charge in [0.25, 0.3) is 0 Å². The smallest absolute Gasteiger partial charge is 0.187 e. The van der Waals surface area contributed by atoms with Crippen LogP contribution in [0.2, 0.25) is 0 Å². The molecule has 28 heavy (non-hydrogen) atoms. The van der Waals surface area contributed by atoms with Gasteiger partial charge in [0, 0.05) is 11.8 Å². The van der Waals surface area contributed by atoms with Crippen LogP contribution in [0.25, 0.3) is 0 Å². The van der Waals surface area contributed by atoms with E-state index in [1.54, 1.807) is 20.8 Å². The summed E-state index contributed by atoms with van der Waals surface area (Å²) < 4.78 is 10.9.